The monoisotopic (exact) mass is 374 g/mol. The topological polar surface area (TPSA) is 71.4 Å². The molecular weight excluding hydrogens is 367 g/mol. The fourth-order valence-electron chi connectivity index (χ4n) is 1.22. The largest absolute Gasteiger partial charge is 0.481 e. The first kappa shape index (κ1) is 15.8. The molecule has 0 unspecified atom stereocenters. The van der Waals surface area contributed by atoms with E-state index >= 15 is 0 Å². The molecule has 0 aliphatic carbocycles. The van der Waals surface area contributed by atoms with Crippen LogP contribution in [0.15, 0.2) is 29.2 Å². The minimum absolute atomic E-state index is 0.0144. The quantitative estimate of drug-likeness (QED) is 0.803. The van der Waals surface area contributed by atoms with Gasteiger partial charge in [-0.3, -0.25) is 4.79 Å². The smallest absolute Gasteiger partial charge is 0.303 e. The van der Waals surface area contributed by atoms with Crippen molar-refractivity contribution in [2.45, 2.75) is 20.3 Å². The highest BCUT2D eigenvalue weighted by Gasteiger charge is 2.38. The number of hydrogen-bond donors (Lipinski definition) is 1. The lowest BCUT2D eigenvalue weighted by Crippen LogP contribution is -2.18. The number of rotatable bonds is 5. The van der Waals surface area contributed by atoms with E-state index in [2.05, 4.69) is 15.9 Å². The Labute approximate surface area is 123 Å². The normalized spacial score (nSPS) is 12.4. The summed E-state index contributed by atoms with van der Waals surface area (Å²) in [4.78, 5) is 10.4. The van der Waals surface area contributed by atoms with Crippen LogP contribution in [0.2, 0.25) is 0 Å². The molecule has 4 nitrogen and oxygen atoms in total. The lowest BCUT2D eigenvalue weighted by molar-refractivity contribution is -0.136. The van der Waals surface area contributed by atoms with Crippen LogP contribution >= 0.6 is 39.1 Å². The van der Waals surface area contributed by atoms with Crippen molar-refractivity contribution in [3.63, 3.8) is 0 Å². The maximum atomic E-state index is 11.8. The predicted octanol–water partition coefficient (Wildman–Crippen LogP) is 2.96. The van der Waals surface area contributed by atoms with Gasteiger partial charge in [0.2, 0.25) is 9.84 Å². The summed E-state index contributed by atoms with van der Waals surface area (Å²) in [5.74, 6) is -0.910. The molecule has 1 aromatic carbocycles. The molecule has 1 aromatic rings. The van der Waals surface area contributed by atoms with Crippen molar-refractivity contribution in [3.05, 3.63) is 29.8 Å². The Balaban J connectivity index is 2.93. The van der Waals surface area contributed by atoms with Crippen LogP contribution < -0.4 is 0 Å². The van der Waals surface area contributed by atoms with Gasteiger partial charge in [-0.05, 0) is 40.0 Å². The second kappa shape index (κ2) is 5.77. The van der Waals surface area contributed by atoms with Crippen molar-refractivity contribution >= 4 is 54.9 Å². The summed E-state index contributed by atoms with van der Waals surface area (Å²) in [5.41, 5.74) is 0.723. The van der Waals surface area contributed by atoms with E-state index in [4.69, 9.17) is 28.3 Å². The zero-order valence-corrected chi connectivity index (χ0v) is 12.9. The SMILES string of the molecule is O=C(O)CCc1ccc(S(=O)(=O)C(Cl)(Cl)Br)cc1. The van der Waals surface area contributed by atoms with Crippen LogP contribution in [0, 0.1) is 0 Å². The Morgan fingerprint density at radius 1 is 1.28 bits per heavy atom. The maximum absolute atomic E-state index is 11.8. The van der Waals surface area contributed by atoms with Crippen LogP contribution in [0.5, 0.6) is 0 Å². The number of aliphatic carboxylic acids is 1. The van der Waals surface area contributed by atoms with Gasteiger partial charge in [-0.2, -0.15) is 0 Å². The second-order valence-electron chi connectivity index (χ2n) is 3.49. The summed E-state index contributed by atoms with van der Waals surface area (Å²) in [6, 6.07) is 5.74. The van der Waals surface area contributed by atoms with Crippen molar-refractivity contribution in [2.75, 3.05) is 0 Å². The standard InChI is InChI=1S/C10H9BrCl2O4S/c11-10(12,13)18(16,17)8-4-1-7(2-5-8)3-6-9(14)15/h1-2,4-5H,3,6H2,(H,14,15). The van der Waals surface area contributed by atoms with Gasteiger partial charge in [0.15, 0.2) is 0 Å². The zero-order chi connectivity index (χ0) is 14.0. The average molecular weight is 376 g/mol. The van der Waals surface area contributed by atoms with E-state index < -0.39 is 18.4 Å². The van der Waals surface area contributed by atoms with Gasteiger partial charge in [0, 0.05) is 6.42 Å². The minimum Gasteiger partial charge on any atom is -0.481 e. The second-order valence-corrected chi connectivity index (χ2v) is 9.98. The maximum Gasteiger partial charge on any atom is 0.303 e. The Bertz CT molecular complexity index is 534. The van der Waals surface area contributed by atoms with E-state index in [9.17, 15) is 13.2 Å². The Morgan fingerprint density at radius 2 is 1.78 bits per heavy atom. The summed E-state index contributed by atoms with van der Waals surface area (Å²) < 4.78 is 21.6. The third kappa shape index (κ3) is 3.85. The molecule has 18 heavy (non-hydrogen) atoms. The number of sulfone groups is 1. The predicted molar refractivity (Wildman–Crippen MR) is 72.9 cm³/mol. The average Bonchev–Trinajstić information content (AvgIpc) is 2.25. The molecule has 0 saturated carbocycles. The van der Waals surface area contributed by atoms with Crippen LogP contribution in [-0.4, -0.2) is 22.1 Å². The first-order chi connectivity index (χ1) is 8.14. The van der Waals surface area contributed by atoms with E-state index in [1.807, 2.05) is 0 Å². The first-order valence-corrected chi connectivity index (χ1v) is 7.80. The van der Waals surface area contributed by atoms with Gasteiger partial charge in [-0.1, -0.05) is 35.3 Å². The third-order valence-electron chi connectivity index (χ3n) is 2.17. The van der Waals surface area contributed by atoms with E-state index in [-0.39, 0.29) is 11.3 Å². The van der Waals surface area contributed by atoms with Crippen LogP contribution in [0.4, 0.5) is 0 Å². The molecule has 0 saturated heterocycles. The summed E-state index contributed by atoms with van der Waals surface area (Å²) in [7, 11) is -3.89. The Kier molecular flexibility index (Phi) is 5.05. The zero-order valence-electron chi connectivity index (χ0n) is 8.94. The van der Waals surface area contributed by atoms with E-state index in [0.29, 0.717) is 6.42 Å². The molecule has 0 aromatic heterocycles. The molecule has 0 aliphatic heterocycles. The number of carboxylic acids is 1. The molecule has 8 heteroatoms. The summed E-state index contributed by atoms with van der Waals surface area (Å²) in [6.45, 7) is 0. The lowest BCUT2D eigenvalue weighted by Gasteiger charge is -2.12. The molecule has 0 heterocycles. The molecule has 0 spiro atoms. The number of aryl methyl sites for hydroxylation is 1. The van der Waals surface area contributed by atoms with Crippen molar-refractivity contribution < 1.29 is 18.3 Å². The molecule has 0 radical (unpaired) electrons. The summed E-state index contributed by atoms with van der Waals surface area (Å²) in [5, 5.41) is 8.53. The summed E-state index contributed by atoms with van der Waals surface area (Å²) in [6.07, 6.45) is 0.316. The number of hydrogen-bond acceptors (Lipinski definition) is 3. The van der Waals surface area contributed by atoms with Crippen molar-refractivity contribution in [1.29, 1.82) is 0 Å². The van der Waals surface area contributed by atoms with Crippen LogP contribution in [0.3, 0.4) is 0 Å². The number of alkyl halides is 3. The lowest BCUT2D eigenvalue weighted by atomic mass is 10.1. The molecule has 100 valence electrons. The number of carbonyl (C=O) groups is 1. The molecular formula is C10H9BrCl2O4S. The van der Waals surface area contributed by atoms with Crippen molar-refractivity contribution in [3.8, 4) is 0 Å². The van der Waals surface area contributed by atoms with E-state index in [0.717, 1.165) is 5.56 Å². The van der Waals surface area contributed by atoms with Gasteiger partial charge in [0.25, 0.3) is 2.57 Å². The molecule has 0 aliphatic rings. The highest BCUT2D eigenvalue weighted by atomic mass is 79.9. The Morgan fingerprint density at radius 3 is 2.17 bits per heavy atom. The molecule has 1 rings (SSSR count). The first-order valence-electron chi connectivity index (χ1n) is 4.76. The van der Waals surface area contributed by atoms with E-state index in [1.165, 1.54) is 24.3 Å². The highest BCUT2D eigenvalue weighted by Crippen LogP contribution is 2.39. The van der Waals surface area contributed by atoms with E-state index in [1.54, 1.807) is 0 Å². The van der Waals surface area contributed by atoms with Crippen molar-refractivity contribution in [1.82, 2.24) is 0 Å². The van der Waals surface area contributed by atoms with Gasteiger partial charge >= 0.3 is 5.97 Å². The van der Waals surface area contributed by atoms with Gasteiger partial charge in [0.1, 0.15) is 0 Å². The van der Waals surface area contributed by atoms with Gasteiger partial charge in [0.05, 0.1) is 4.90 Å². The van der Waals surface area contributed by atoms with Gasteiger partial charge in [-0.15, -0.1) is 0 Å². The number of carboxylic acid groups (broad SMARTS) is 1. The van der Waals surface area contributed by atoms with Crippen LogP contribution in [0.25, 0.3) is 0 Å². The molecule has 0 amide bonds. The van der Waals surface area contributed by atoms with Crippen LogP contribution in [0.1, 0.15) is 12.0 Å². The van der Waals surface area contributed by atoms with Gasteiger partial charge < -0.3 is 5.11 Å². The number of halogens is 3. The van der Waals surface area contributed by atoms with Gasteiger partial charge in [-0.25, -0.2) is 8.42 Å². The van der Waals surface area contributed by atoms with Crippen LogP contribution in [-0.2, 0) is 21.1 Å². The Hall–Kier alpha value is -0.300. The van der Waals surface area contributed by atoms with Crippen molar-refractivity contribution in [2.24, 2.45) is 0 Å². The summed E-state index contributed by atoms with van der Waals surface area (Å²) >= 11 is 13.7. The molecule has 0 bridgehead atoms. The fourth-order valence-corrected chi connectivity index (χ4v) is 3.08. The fraction of sp³-hybridized carbons (Fsp3) is 0.300. The number of benzene rings is 1. The molecule has 1 N–H and O–H groups in total. The molecule has 0 atom stereocenters. The third-order valence-corrected chi connectivity index (χ3v) is 6.17. The highest BCUT2D eigenvalue weighted by molar-refractivity contribution is 9.12. The molecule has 0 fully saturated rings. The minimum atomic E-state index is -3.89.